The number of carbonyl (C=O) groups is 3. The number of rotatable bonds is 7. The van der Waals surface area contributed by atoms with Gasteiger partial charge in [0.25, 0.3) is 17.9 Å². The number of carbonyl (C=O) groups excluding carboxylic acids is 3. The Hall–Kier alpha value is -2.36. The van der Waals surface area contributed by atoms with Crippen molar-refractivity contribution in [2.24, 2.45) is 0 Å². The molecule has 0 bridgehead atoms. The monoisotopic (exact) mass is 378 g/mol. The third kappa shape index (κ3) is 6.57. The molecule has 1 aromatic rings. The summed E-state index contributed by atoms with van der Waals surface area (Å²) in [5.41, 5.74) is -0.377. The molecule has 0 aliphatic rings. The number of halogens is 3. The molecule has 0 heterocycles. The quantitative estimate of drug-likeness (QED) is 0.679. The zero-order valence-electron chi connectivity index (χ0n) is 13.9. The molecule has 0 radical (unpaired) electrons. The minimum absolute atomic E-state index is 0.0421. The molecule has 1 aromatic carbocycles. The van der Waals surface area contributed by atoms with Gasteiger partial charge in [-0.25, -0.2) is 13.2 Å². The second kappa shape index (κ2) is 8.65. The average molecular weight is 378 g/mol. The van der Waals surface area contributed by atoms with E-state index in [0.717, 1.165) is 20.8 Å². The molecule has 1 rings (SSSR count). The first-order valence-corrected chi connectivity index (χ1v) is 9.20. The Balaban J connectivity index is 2.95. The van der Waals surface area contributed by atoms with Crippen LogP contribution in [-0.2, 0) is 34.1 Å². The molecule has 0 fully saturated rings. The zero-order chi connectivity index (χ0) is 19.2. The van der Waals surface area contributed by atoms with Crippen molar-refractivity contribution in [3.05, 3.63) is 35.1 Å². The van der Waals surface area contributed by atoms with Crippen LogP contribution in [0, 0.1) is 17.5 Å². The summed E-state index contributed by atoms with van der Waals surface area (Å²) in [6, 6.07) is 0.836. The van der Waals surface area contributed by atoms with Gasteiger partial charge < -0.3 is 13.3 Å². The fourth-order valence-electron chi connectivity index (χ4n) is 2.17. The lowest BCUT2D eigenvalue weighted by Crippen LogP contribution is -2.49. The Kier molecular flexibility index (Phi) is 7.16. The Bertz CT molecular complexity index is 615. The molecule has 0 amide bonds. The van der Waals surface area contributed by atoms with Crippen molar-refractivity contribution in [3.63, 3.8) is 0 Å². The molecule has 10 heteroatoms. The lowest BCUT2D eigenvalue weighted by atomic mass is 10.1. The molecule has 0 spiro atoms. The third-order valence-corrected chi connectivity index (χ3v) is 5.67. The SMILES string of the molecule is CC(=O)O[Si](CCCc1c(F)cc(F)cc1F)(OC(C)=O)OC(C)=O. The van der Waals surface area contributed by atoms with E-state index in [0.29, 0.717) is 12.1 Å². The van der Waals surface area contributed by atoms with Gasteiger partial charge in [0.2, 0.25) is 0 Å². The van der Waals surface area contributed by atoms with Crippen LogP contribution in [0.15, 0.2) is 12.1 Å². The average Bonchev–Trinajstić information content (AvgIpc) is 2.39. The summed E-state index contributed by atoms with van der Waals surface area (Å²) in [6.45, 7) is 3.11. The summed E-state index contributed by atoms with van der Waals surface area (Å²) < 4.78 is 55.0. The first-order valence-electron chi connectivity index (χ1n) is 7.27. The van der Waals surface area contributed by atoms with Crippen LogP contribution in [0.2, 0.25) is 6.04 Å². The minimum atomic E-state index is -4.05. The van der Waals surface area contributed by atoms with Crippen molar-refractivity contribution in [1.29, 1.82) is 0 Å². The fourth-order valence-corrected chi connectivity index (χ4v) is 4.52. The van der Waals surface area contributed by atoms with Crippen molar-refractivity contribution in [1.82, 2.24) is 0 Å². The van der Waals surface area contributed by atoms with Crippen molar-refractivity contribution in [2.75, 3.05) is 0 Å². The second-order valence-corrected chi connectivity index (χ2v) is 7.64. The predicted molar refractivity (Wildman–Crippen MR) is 80.5 cm³/mol. The van der Waals surface area contributed by atoms with Crippen LogP contribution in [0.4, 0.5) is 13.2 Å². The molecule has 0 aromatic heterocycles. The van der Waals surface area contributed by atoms with Crippen molar-refractivity contribution >= 4 is 26.7 Å². The van der Waals surface area contributed by atoms with Crippen LogP contribution in [-0.4, -0.2) is 26.7 Å². The Morgan fingerprint density at radius 1 is 0.880 bits per heavy atom. The fraction of sp³-hybridized carbons (Fsp3) is 0.400. The van der Waals surface area contributed by atoms with E-state index >= 15 is 0 Å². The van der Waals surface area contributed by atoms with Gasteiger partial charge in [-0.1, -0.05) is 0 Å². The van der Waals surface area contributed by atoms with Crippen molar-refractivity contribution in [3.8, 4) is 0 Å². The van der Waals surface area contributed by atoms with E-state index in [9.17, 15) is 27.6 Å². The van der Waals surface area contributed by atoms with E-state index in [4.69, 9.17) is 13.3 Å². The Morgan fingerprint density at radius 3 is 1.64 bits per heavy atom. The highest BCUT2D eigenvalue weighted by Gasteiger charge is 2.51. The minimum Gasteiger partial charge on any atom is -0.455 e. The van der Waals surface area contributed by atoms with E-state index < -0.39 is 44.2 Å². The van der Waals surface area contributed by atoms with Gasteiger partial charge in [-0.05, 0) is 12.8 Å². The number of hydrogen-bond donors (Lipinski definition) is 0. The van der Waals surface area contributed by atoms with Crippen molar-refractivity contribution in [2.45, 2.75) is 39.7 Å². The van der Waals surface area contributed by atoms with Gasteiger partial charge in [0.15, 0.2) is 0 Å². The van der Waals surface area contributed by atoms with Crippen LogP contribution >= 0.6 is 0 Å². The van der Waals surface area contributed by atoms with Gasteiger partial charge in [0.05, 0.1) is 6.04 Å². The molecular weight excluding hydrogens is 361 g/mol. The molecule has 0 aliphatic heterocycles. The lowest BCUT2D eigenvalue weighted by molar-refractivity contribution is -0.147. The van der Waals surface area contributed by atoms with Crippen LogP contribution in [0.1, 0.15) is 32.8 Å². The smallest absolute Gasteiger partial charge is 0.455 e. The first kappa shape index (κ1) is 20.7. The van der Waals surface area contributed by atoms with E-state index in [-0.39, 0.29) is 24.4 Å². The van der Waals surface area contributed by atoms with Gasteiger partial charge in [0.1, 0.15) is 17.5 Å². The van der Waals surface area contributed by atoms with E-state index in [1.54, 1.807) is 0 Å². The highest BCUT2D eigenvalue weighted by atomic mass is 28.4. The van der Waals surface area contributed by atoms with Gasteiger partial charge in [-0.2, -0.15) is 0 Å². The molecule has 6 nitrogen and oxygen atoms in total. The van der Waals surface area contributed by atoms with Gasteiger partial charge in [0, 0.05) is 38.5 Å². The van der Waals surface area contributed by atoms with Gasteiger partial charge in [-0.3, -0.25) is 14.4 Å². The topological polar surface area (TPSA) is 78.9 Å². The van der Waals surface area contributed by atoms with Gasteiger partial charge in [-0.15, -0.1) is 0 Å². The summed E-state index contributed by atoms with van der Waals surface area (Å²) >= 11 is 0. The molecular formula is C15H17F3O6Si. The zero-order valence-corrected chi connectivity index (χ0v) is 14.9. The van der Waals surface area contributed by atoms with Crippen molar-refractivity contribution < 1.29 is 40.8 Å². The largest absolute Gasteiger partial charge is 0.705 e. The normalized spacial score (nSPS) is 11.0. The second-order valence-electron chi connectivity index (χ2n) is 5.17. The molecule has 0 saturated heterocycles. The van der Waals surface area contributed by atoms with E-state index in [1.165, 1.54) is 0 Å². The summed E-state index contributed by atoms with van der Waals surface area (Å²) in [4.78, 5) is 33.8. The summed E-state index contributed by atoms with van der Waals surface area (Å²) in [5.74, 6) is -5.72. The van der Waals surface area contributed by atoms with E-state index in [1.807, 2.05) is 0 Å². The maximum Gasteiger partial charge on any atom is 0.705 e. The van der Waals surface area contributed by atoms with Crippen LogP contribution < -0.4 is 0 Å². The molecule has 25 heavy (non-hydrogen) atoms. The maximum absolute atomic E-state index is 13.6. The lowest BCUT2D eigenvalue weighted by Gasteiger charge is -2.26. The predicted octanol–water partition coefficient (Wildman–Crippen LogP) is 2.66. The third-order valence-electron chi connectivity index (χ3n) is 2.91. The molecule has 138 valence electrons. The standard InChI is InChI=1S/C15H17F3O6Si/c1-9(19)22-25(23-10(2)20,24-11(3)21)6-4-5-13-14(17)7-12(16)8-15(13)18/h7-8H,4-6H2,1-3H3. The molecule has 0 aliphatic carbocycles. The van der Waals surface area contributed by atoms with Crippen LogP contribution in [0.3, 0.4) is 0 Å². The Morgan fingerprint density at radius 2 is 1.28 bits per heavy atom. The summed E-state index contributed by atoms with van der Waals surface area (Å²) in [6.07, 6.45) is -0.254. The number of hydrogen-bond acceptors (Lipinski definition) is 6. The van der Waals surface area contributed by atoms with Gasteiger partial charge >= 0.3 is 8.80 Å². The first-order chi connectivity index (χ1) is 11.5. The highest BCUT2D eigenvalue weighted by Crippen LogP contribution is 2.23. The number of benzene rings is 1. The van der Waals surface area contributed by atoms with Crippen LogP contribution in [0.5, 0.6) is 0 Å². The summed E-state index contributed by atoms with van der Waals surface area (Å²) in [7, 11) is -4.05. The molecule has 0 N–H and O–H groups in total. The molecule has 0 atom stereocenters. The van der Waals surface area contributed by atoms with Crippen LogP contribution in [0.25, 0.3) is 0 Å². The summed E-state index contributed by atoms with van der Waals surface area (Å²) in [5, 5.41) is 0. The highest BCUT2D eigenvalue weighted by molar-refractivity contribution is 6.65. The Labute approximate surface area is 143 Å². The molecule has 0 unspecified atom stereocenters. The van der Waals surface area contributed by atoms with E-state index in [2.05, 4.69) is 0 Å². The maximum atomic E-state index is 13.6. The molecule has 0 saturated carbocycles.